The SMILES string of the molecule is O=C(NCC1(C(=O)O)CCC1)Nc1ccc(-c2ccon2)cc1. The molecule has 0 spiro atoms. The van der Waals surface area contributed by atoms with Crippen LogP contribution in [0.25, 0.3) is 11.3 Å². The van der Waals surface area contributed by atoms with Crippen molar-refractivity contribution < 1.29 is 19.2 Å². The second kappa shape index (κ2) is 6.12. The number of nitrogens with one attached hydrogen (secondary N) is 2. The standard InChI is InChI=1S/C16H17N3O4/c20-14(21)16(7-1-8-16)10-17-15(22)18-12-4-2-11(3-5-12)13-6-9-23-19-13/h2-6,9H,1,7-8,10H2,(H,20,21)(H2,17,18,22). The Kier molecular flexibility index (Phi) is 4.01. The van der Waals surface area contributed by atoms with Crippen LogP contribution >= 0.6 is 0 Å². The number of aromatic nitrogens is 1. The lowest BCUT2D eigenvalue weighted by atomic mass is 9.69. The Balaban J connectivity index is 1.55. The Hall–Kier alpha value is -2.83. The first-order valence-electron chi connectivity index (χ1n) is 7.38. The van der Waals surface area contributed by atoms with Gasteiger partial charge in [-0.15, -0.1) is 0 Å². The molecule has 7 nitrogen and oxygen atoms in total. The predicted octanol–water partition coefficient (Wildman–Crippen LogP) is 2.72. The smallest absolute Gasteiger partial charge is 0.319 e. The zero-order valence-corrected chi connectivity index (χ0v) is 12.4. The molecule has 1 aromatic heterocycles. The number of urea groups is 1. The molecule has 1 saturated carbocycles. The number of carbonyl (C=O) groups is 2. The van der Waals surface area contributed by atoms with Crippen molar-refractivity contribution in [3.8, 4) is 11.3 Å². The van der Waals surface area contributed by atoms with E-state index in [1.807, 2.05) is 12.1 Å². The highest BCUT2D eigenvalue weighted by atomic mass is 16.5. The maximum Gasteiger partial charge on any atom is 0.319 e. The van der Waals surface area contributed by atoms with Crippen molar-refractivity contribution in [2.24, 2.45) is 5.41 Å². The van der Waals surface area contributed by atoms with E-state index in [9.17, 15) is 14.7 Å². The van der Waals surface area contributed by atoms with Crippen LogP contribution in [0.2, 0.25) is 0 Å². The van der Waals surface area contributed by atoms with Gasteiger partial charge in [-0.05, 0) is 25.0 Å². The van der Waals surface area contributed by atoms with Crippen molar-refractivity contribution in [2.45, 2.75) is 19.3 Å². The van der Waals surface area contributed by atoms with Gasteiger partial charge >= 0.3 is 12.0 Å². The number of amides is 2. The van der Waals surface area contributed by atoms with Crippen molar-refractivity contribution >= 4 is 17.7 Å². The number of anilines is 1. The van der Waals surface area contributed by atoms with Gasteiger partial charge in [0.05, 0.1) is 5.41 Å². The fourth-order valence-electron chi connectivity index (χ4n) is 2.58. The van der Waals surface area contributed by atoms with E-state index in [0.717, 1.165) is 17.7 Å². The Morgan fingerprint density at radius 1 is 1.22 bits per heavy atom. The Morgan fingerprint density at radius 3 is 2.48 bits per heavy atom. The van der Waals surface area contributed by atoms with E-state index >= 15 is 0 Å². The highest BCUT2D eigenvalue weighted by Gasteiger charge is 2.44. The van der Waals surface area contributed by atoms with Crippen LogP contribution in [0.4, 0.5) is 10.5 Å². The summed E-state index contributed by atoms with van der Waals surface area (Å²) in [6.45, 7) is 0.144. The average Bonchev–Trinajstić information content (AvgIpc) is 3.00. The van der Waals surface area contributed by atoms with Crippen LogP contribution in [0.5, 0.6) is 0 Å². The molecule has 0 atom stereocenters. The molecule has 1 aromatic carbocycles. The van der Waals surface area contributed by atoms with Crippen molar-refractivity contribution in [3.63, 3.8) is 0 Å². The monoisotopic (exact) mass is 315 g/mol. The van der Waals surface area contributed by atoms with Gasteiger partial charge in [0, 0.05) is 23.9 Å². The summed E-state index contributed by atoms with van der Waals surface area (Å²) in [6.07, 6.45) is 3.59. The molecule has 3 rings (SSSR count). The molecule has 0 saturated heterocycles. The van der Waals surface area contributed by atoms with Gasteiger partial charge in [0.1, 0.15) is 12.0 Å². The second-order valence-corrected chi connectivity index (χ2v) is 5.71. The molecular formula is C16H17N3O4. The first kappa shape index (κ1) is 15.1. The molecule has 0 radical (unpaired) electrons. The summed E-state index contributed by atoms with van der Waals surface area (Å²) >= 11 is 0. The van der Waals surface area contributed by atoms with Crippen molar-refractivity contribution in [1.82, 2.24) is 10.5 Å². The van der Waals surface area contributed by atoms with E-state index in [2.05, 4.69) is 15.8 Å². The zero-order valence-electron chi connectivity index (χ0n) is 12.4. The Bertz CT molecular complexity index is 691. The summed E-state index contributed by atoms with van der Waals surface area (Å²) in [6, 6.07) is 8.47. The summed E-state index contributed by atoms with van der Waals surface area (Å²) in [5.41, 5.74) is 1.42. The van der Waals surface area contributed by atoms with E-state index in [1.54, 1.807) is 18.2 Å². The highest BCUT2D eigenvalue weighted by Crippen LogP contribution is 2.40. The van der Waals surface area contributed by atoms with E-state index in [1.165, 1.54) is 6.26 Å². The van der Waals surface area contributed by atoms with Gasteiger partial charge in [0.15, 0.2) is 0 Å². The van der Waals surface area contributed by atoms with Crippen LogP contribution < -0.4 is 10.6 Å². The lowest BCUT2D eigenvalue weighted by Gasteiger charge is -2.37. The molecule has 0 bridgehead atoms. The second-order valence-electron chi connectivity index (χ2n) is 5.71. The molecule has 3 N–H and O–H groups in total. The minimum Gasteiger partial charge on any atom is -0.481 e. The van der Waals surface area contributed by atoms with Crippen LogP contribution in [0.1, 0.15) is 19.3 Å². The van der Waals surface area contributed by atoms with Gasteiger partial charge in [-0.1, -0.05) is 23.7 Å². The number of nitrogens with zero attached hydrogens (tertiary/aromatic N) is 1. The quantitative estimate of drug-likeness (QED) is 0.787. The molecule has 7 heteroatoms. The maximum atomic E-state index is 11.9. The molecule has 1 aliphatic carbocycles. The highest BCUT2D eigenvalue weighted by molar-refractivity contribution is 5.90. The van der Waals surface area contributed by atoms with Crippen molar-refractivity contribution in [3.05, 3.63) is 36.6 Å². The van der Waals surface area contributed by atoms with Gasteiger partial charge in [-0.3, -0.25) is 4.79 Å². The molecule has 120 valence electrons. The van der Waals surface area contributed by atoms with Gasteiger partial charge in [-0.2, -0.15) is 0 Å². The Labute approximate surface area is 132 Å². The van der Waals surface area contributed by atoms with Crippen LogP contribution in [0.15, 0.2) is 41.1 Å². The number of carbonyl (C=O) groups excluding carboxylic acids is 1. The Morgan fingerprint density at radius 2 is 1.96 bits per heavy atom. The summed E-state index contributed by atoms with van der Waals surface area (Å²) in [5.74, 6) is -0.846. The summed E-state index contributed by atoms with van der Waals surface area (Å²) < 4.78 is 4.79. The van der Waals surface area contributed by atoms with Crippen molar-refractivity contribution in [2.75, 3.05) is 11.9 Å². The third-order valence-electron chi connectivity index (χ3n) is 4.23. The first-order chi connectivity index (χ1) is 11.1. The summed E-state index contributed by atoms with van der Waals surface area (Å²) in [7, 11) is 0. The third-order valence-corrected chi connectivity index (χ3v) is 4.23. The number of benzene rings is 1. The number of aliphatic carboxylic acids is 1. The van der Waals surface area contributed by atoms with Crippen molar-refractivity contribution in [1.29, 1.82) is 0 Å². The average molecular weight is 315 g/mol. The minimum absolute atomic E-state index is 0.144. The number of rotatable bonds is 5. The molecule has 0 unspecified atom stereocenters. The van der Waals surface area contributed by atoms with Crippen LogP contribution in [-0.4, -0.2) is 28.8 Å². The number of hydrogen-bond donors (Lipinski definition) is 3. The zero-order chi connectivity index (χ0) is 16.3. The third kappa shape index (κ3) is 3.18. The van der Waals surface area contributed by atoms with Gasteiger partial charge in [0.2, 0.25) is 0 Å². The predicted molar refractivity (Wildman–Crippen MR) is 82.9 cm³/mol. The lowest BCUT2D eigenvalue weighted by Crippen LogP contribution is -2.48. The lowest BCUT2D eigenvalue weighted by molar-refractivity contribution is -0.153. The van der Waals surface area contributed by atoms with E-state index in [4.69, 9.17) is 4.52 Å². The topological polar surface area (TPSA) is 104 Å². The molecule has 1 fully saturated rings. The number of carboxylic acid groups (broad SMARTS) is 1. The number of carboxylic acids is 1. The van der Waals surface area contributed by atoms with E-state index < -0.39 is 17.4 Å². The molecular weight excluding hydrogens is 298 g/mol. The molecule has 1 heterocycles. The first-order valence-corrected chi connectivity index (χ1v) is 7.38. The van der Waals surface area contributed by atoms with Crippen LogP contribution in [0.3, 0.4) is 0 Å². The summed E-state index contributed by atoms with van der Waals surface area (Å²) in [5, 5.41) is 18.4. The fourth-order valence-corrected chi connectivity index (χ4v) is 2.58. The van der Waals surface area contributed by atoms with E-state index in [-0.39, 0.29) is 6.54 Å². The van der Waals surface area contributed by atoms with Crippen LogP contribution in [0, 0.1) is 5.41 Å². The number of hydrogen-bond acceptors (Lipinski definition) is 4. The van der Waals surface area contributed by atoms with Gasteiger partial charge < -0.3 is 20.3 Å². The fraction of sp³-hybridized carbons (Fsp3) is 0.312. The van der Waals surface area contributed by atoms with Gasteiger partial charge in [0.25, 0.3) is 0 Å². The molecule has 0 aliphatic heterocycles. The molecule has 1 aliphatic rings. The largest absolute Gasteiger partial charge is 0.481 e. The maximum absolute atomic E-state index is 11.9. The van der Waals surface area contributed by atoms with Crippen LogP contribution in [-0.2, 0) is 4.79 Å². The molecule has 2 amide bonds. The van der Waals surface area contributed by atoms with E-state index in [0.29, 0.717) is 18.5 Å². The normalized spacial score (nSPS) is 15.5. The minimum atomic E-state index is -0.846. The molecule has 23 heavy (non-hydrogen) atoms. The summed E-state index contributed by atoms with van der Waals surface area (Å²) in [4.78, 5) is 23.1. The molecule has 2 aromatic rings. The van der Waals surface area contributed by atoms with Gasteiger partial charge in [-0.25, -0.2) is 4.79 Å².